The molecule has 14 aromatic rings. The van der Waals surface area contributed by atoms with Gasteiger partial charge >= 0.3 is 0 Å². The van der Waals surface area contributed by atoms with Gasteiger partial charge in [0.25, 0.3) is 0 Å². The minimum absolute atomic E-state index is 0.529. The molecule has 1 heteroatoms. The second-order valence-corrected chi connectivity index (χ2v) is 20.3. The topological polar surface area (TPSA) is 3.24 Å². The Morgan fingerprint density at radius 3 is 1.34 bits per heavy atom. The summed E-state index contributed by atoms with van der Waals surface area (Å²) in [6, 6.07) is 103. The highest BCUT2D eigenvalue weighted by Gasteiger charge is 2.52. The van der Waals surface area contributed by atoms with Gasteiger partial charge in [0, 0.05) is 16.9 Å². The first-order valence-corrected chi connectivity index (χ1v) is 25.8. The van der Waals surface area contributed by atoms with E-state index in [1.54, 1.807) is 0 Å². The fourth-order valence-corrected chi connectivity index (χ4v) is 13.4. The zero-order chi connectivity index (χ0) is 48.5. The third-order valence-electron chi connectivity index (χ3n) is 16.6. The Morgan fingerprint density at radius 1 is 0.216 bits per heavy atom. The zero-order valence-electron chi connectivity index (χ0n) is 40.4. The number of benzene rings is 14. The summed E-state index contributed by atoms with van der Waals surface area (Å²) in [5, 5.41) is 15.0. The molecule has 0 amide bonds. The van der Waals surface area contributed by atoms with E-state index in [0.29, 0.717) is 0 Å². The van der Waals surface area contributed by atoms with Gasteiger partial charge in [-0.05, 0) is 174 Å². The highest BCUT2D eigenvalue weighted by molar-refractivity contribution is 6.26. The van der Waals surface area contributed by atoms with Crippen LogP contribution >= 0.6 is 0 Å². The van der Waals surface area contributed by atoms with Gasteiger partial charge in [0.1, 0.15) is 0 Å². The zero-order valence-corrected chi connectivity index (χ0v) is 40.4. The lowest BCUT2D eigenvalue weighted by atomic mass is 9.70. The van der Waals surface area contributed by atoms with Crippen LogP contribution < -0.4 is 4.90 Å². The average Bonchev–Trinajstić information content (AvgIpc) is 3.94. The maximum absolute atomic E-state index is 2.58. The van der Waals surface area contributed by atoms with E-state index in [4.69, 9.17) is 0 Å². The third kappa shape index (κ3) is 5.81. The summed E-state index contributed by atoms with van der Waals surface area (Å²) in [6.07, 6.45) is 0. The Labute approximate surface area is 429 Å². The van der Waals surface area contributed by atoms with Gasteiger partial charge in [-0.25, -0.2) is 0 Å². The van der Waals surface area contributed by atoms with Crippen LogP contribution in [0.3, 0.4) is 0 Å². The number of rotatable bonds is 5. The molecule has 14 aromatic carbocycles. The van der Waals surface area contributed by atoms with Crippen molar-refractivity contribution in [2.24, 2.45) is 0 Å². The van der Waals surface area contributed by atoms with Crippen LogP contribution in [-0.2, 0) is 5.41 Å². The highest BCUT2D eigenvalue weighted by atomic mass is 15.1. The van der Waals surface area contributed by atoms with Crippen molar-refractivity contribution in [2.45, 2.75) is 5.41 Å². The van der Waals surface area contributed by atoms with Crippen LogP contribution in [0.25, 0.3) is 109 Å². The summed E-state index contributed by atoms with van der Waals surface area (Å²) in [5.41, 5.74) is 18.0. The van der Waals surface area contributed by atoms with Crippen molar-refractivity contribution < 1.29 is 0 Å². The molecule has 2 aliphatic carbocycles. The molecule has 1 spiro atoms. The molecule has 342 valence electrons. The number of hydrogen-bond acceptors (Lipinski definition) is 1. The van der Waals surface area contributed by atoms with Gasteiger partial charge in [0.15, 0.2) is 0 Å². The molecule has 0 bridgehead atoms. The second kappa shape index (κ2) is 15.7. The Morgan fingerprint density at radius 2 is 0.662 bits per heavy atom. The van der Waals surface area contributed by atoms with E-state index in [2.05, 4.69) is 278 Å². The normalized spacial score (nSPS) is 13.0. The van der Waals surface area contributed by atoms with Crippen LogP contribution in [0.1, 0.15) is 22.3 Å². The van der Waals surface area contributed by atoms with Gasteiger partial charge in [0.2, 0.25) is 0 Å². The van der Waals surface area contributed by atoms with E-state index < -0.39 is 5.41 Å². The maximum atomic E-state index is 2.58. The molecule has 0 aromatic heterocycles. The van der Waals surface area contributed by atoms with Gasteiger partial charge in [-0.15, -0.1) is 0 Å². The molecule has 0 radical (unpaired) electrons. The van der Waals surface area contributed by atoms with Crippen molar-refractivity contribution in [1.29, 1.82) is 0 Å². The van der Waals surface area contributed by atoms with Crippen LogP contribution in [0.4, 0.5) is 17.1 Å². The fourth-order valence-electron chi connectivity index (χ4n) is 13.4. The van der Waals surface area contributed by atoms with Crippen LogP contribution in [0.2, 0.25) is 0 Å². The number of nitrogens with zero attached hydrogens (tertiary/aromatic N) is 1. The van der Waals surface area contributed by atoms with Crippen molar-refractivity contribution in [2.75, 3.05) is 4.90 Å². The molecule has 0 heterocycles. The fraction of sp³-hybridized carbons (Fsp3) is 0.0137. The molecule has 0 fully saturated rings. The van der Waals surface area contributed by atoms with Gasteiger partial charge < -0.3 is 4.90 Å². The SMILES string of the molecule is c1ccc2c(c1)-c1ccccc1C21c2ccccc2-c2cc(-c3ccc4c(ccc5ccccc54)c3)c(N(c3ccc(-c4ccc5ccccc5c4)cc3)c3ccc4c5ccccc5c5ccccc5c4c3)cc21. The van der Waals surface area contributed by atoms with Crippen molar-refractivity contribution in [1.82, 2.24) is 0 Å². The van der Waals surface area contributed by atoms with Crippen LogP contribution in [0, 0.1) is 0 Å². The standard InChI is InChI=1S/C73H45N/c1-2-17-49-41-50(31-29-46(49)15-1)47-33-36-53(37-34-47)74(54-38-40-61-59-21-6-5-19-57(59)58-20-7-8-22-60(58)66(61)43-54)72-45-71-67(44-65(72)52-35-39-56-51(42-52)32-30-48-16-3-4-18-55(48)56)64-25-11-14-28-70(64)73(71)68-26-12-9-23-62(68)63-24-10-13-27-69(63)73/h1-45H. The number of hydrogen-bond donors (Lipinski definition) is 0. The first kappa shape index (κ1) is 41.1. The molecule has 0 saturated carbocycles. The first-order valence-electron chi connectivity index (χ1n) is 25.8. The summed E-state index contributed by atoms with van der Waals surface area (Å²) in [6.45, 7) is 0. The molecule has 0 atom stereocenters. The van der Waals surface area contributed by atoms with Crippen LogP contribution in [0.15, 0.2) is 273 Å². The Hall–Kier alpha value is -9.56. The third-order valence-corrected chi connectivity index (χ3v) is 16.6. The quantitative estimate of drug-likeness (QED) is 0.155. The first-order chi connectivity index (χ1) is 36.7. The van der Waals surface area contributed by atoms with Crippen molar-refractivity contribution in [3.8, 4) is 44.5 Å². The van der Waals surface area contributed by atoms with Gasteiger partial charge in [-0.1, -0.05) is 224 Å². The predicted octanol–water partition coefficient (Wildman–Crippen LogP) is 19.8. The second-order valence-electron chi connectivity index (χ2n) is 20.3. The molecular weight excluding hydrogens is 891 g/mol. The largest absolute Gasteiger partial charge is 0.310 e. The minimum Gasteiger partial charge on any atom is -0.310 e. The predicted molar refractivity (Wildman–Crippen MR) is 313 cm³/mol. The number of anilines is 3. The molecule has 2 aliphatic rings. The van der Waals surface area contributed by atoms with Gasteiger partial charge in [-0.3, -0.25) is 0 Å². The van der Waals surface area contributed by atoms with Crippen LogP contribution in [-0.4, -0.2) is 0 Å². The molecule has 1 nitrogen and oxygen atoms in total. The summed E-state index contributed by atoms with van der Waals surface area (Å²) in [7, 11) is 0. The lowest BCUT2D eigenvalue weighted by molar-refractivity contribution is 0.794. The smallest absolute Gasteiger partial charge is 0.0726 e. The maximum Gasteiger partial charge on any atom is 0.0726 e. The monoisotopic (exact) mass is 935 g/mol. The molecule has 0 saturated heterocycles. The highest BCUT2D eigenvalue weighted by Crippen LogP contribution is 2.64. The molecule has 0 unspecified atom stereocenters. The number of fused-ring (bicyclic) bond motifs is 20. The van der Waals surface area contributed by atoms with E-state index in [-0.39, 0.29) is 0 Å². The summed E-state index contributed by atoms with van der Waals surface area (Å²) in [5.74, 6) is 0. The molecular formula is C73H45N. The lowest BCUT2D eigenvalue weighted by Gasteiger charge is -2.33. The van der Waals surface area contributed by atoms with Crippen LogP contribution in [0.5, 0.6) is 0 Å². The van der Waals surface area contributed by atoms with Gasteiger partial charge in [-0.2, -0.15) is 0 Å². The Kier molecular flexibility index (Phi) is 8.73. The molecule has 16 rings (SSSR count). The average molecular weight is 936 g/mol. The lowest BCUT2D eigenvalue weighted by Crippen LogP contribution is -2.26. The Bertz CT molecular complexity index is 4590. The van der Waals surface area contributed by atoms with E-state index in [9.17, 15) is 0 Å². The van der Waals surface area contributed by atoms with Crippen molar-refractivity contribution in [3.63, 3.8) is 0 Å². The van der Waals surface area contributed by atoms with Crippen molar-refractivity contribution >= 4 is 81.7 Å². The molecule has 0 aliphatic heterocycles. The van der Waals surface area contributed by atoms with E-state index in [1.807, 2.05) is 0 Å². The van der Waals surface area contributed by atoms with E-state index >= 15 is 0 Å². The molecule has 0 N–H and O–H groups in total. The summed E-state index contributed by atoms with van der Waals surface area (Å²) < 4.78 is 0. The van der Waals surface area contributed by atoms with E-state index in [0.717, 1.165) is 17.1 Å². The Balaban J connectivity index is 1.01. The van der Waals surface area contributed by atoms with Crippen molar-refractivity contribution in [3.05, 3.63) is 295 Å². The molecule has 74 heavy (non-hydrogen) atoms. The summed E-state index contributed by atoms with van der Waals surface area (Å²) in [4.78, 5) is 2.55. The summed E-state index contributed by atoms with van der Waals surface area (Å²) >= 11 is 0. The minimum atomic E-state index is -0.529. The van der Waals surface area contributed by atoms with E-state index in [1.165, 1.54) is 131 Å². The van der Waals surface area contributed by atoms with Gasteiger partial charge in [0.05, 0.1) is 11.1 Å².